The number of benzene rings is 1. The Bertz CT molecular complexity index is 979. The number of thioether (sulfide) groups is 1. The molecule has 4 rings (SSSR count). The molecule has 2 aromatic heterocycles. The molecule has 1 amide bonds. The van der Waals surface area contributed by atoms with Gasteiger partial charge in [0.05, 0.1) is 23.8 Å². The minimum absolute atomic E-state index is 0.00228. The molecule has 2 heterocycles. The van der Waals surface area contributed by atoms with E-state index in [-0.39, 0.29) is 17.9 Å². The molecule has 0 bridgehead atoms. The molecule has 158 valence electrons. The Morgan fingerprint density at radius 2 is 2.03 bits per heavy atom. The number of rotatable bonds is 9. The summed E-state index contributed by atoms with van der Waals surface area (Å²) in [6, 6.07) is 12.4. The molecule has 0 spiro atoms. The topological polar surface area (TPSA) is 69.0 Å². The predicted octanol–water partition coefficient (Wildman–Crippen LogP) is 4.96. The van der Waals surface area contributed by atoms with Crippen LogP contribution in [0.25, 0.3) is 10.7 Å². The first-order chi connectivity index (χ1) is 14.6. The van der Waals surface area contributed by atoms with Crippen LogP contribution in [0.15, 0.2) is 46.9 Å². The van der Waals surface area contributed by atoms with Gasteiger partial charge in [0.25, 0.3) is 0 Å². The Kier molecular flexibility index (Phi) is 6.43. The van der Waals surface area contributed by atoms with Gasteiger partial charge >= 0.3 is 0 Å². The first-order valence-electron chi connectivity index (χ1n) is 10.1. The molecule has 1 unspecified atom stereocenters. The van der Waals surface area contributed by atoms with Crippen molar-refractivity contribution in [1.82, 2.24) is 20.1 Å². The van der Waals surface area contributed by atoms with Crippen LogP contribution in [0.2, 0.25) is 0 Å². The molecule has 0 saturated heterocycles. The first-order valence-corrected chi connectivity index (χ1v) is 12.0. The number of carbonyl (C=O) groups is 1. The number of ether oxygens (including phenoxy) is 1. The van der Waals surface area contributed by atoms with E-state index in [4.69, 9.17) is 4.74 Å². The average Bonchev–Trinajstić information content (AvgIpc) is 3.26. The lowest BCUT2D eigenvalue weighted by Gasteiger charge is -2.23. The SMILES string of the molecule is COc1ccc(C(NC(=O)CSc2nnc(-c3cccs3)n2C2CC2)C(C)C)cc1. The van der Waals surface area contributed by atoms with Gasteiger partial charge < -0.3 is 10.1 Å². The number of thiophene rings is 1. The Labute approximate surface area is 185 Å². The minimum Gasteiger partial charge on any atom is -0.497 e. The molecule has 1 N–H and O–H groups in total. The van der Waals surface area contributed by atoms with E-state index in [2.05, 4.69) is 40.0 Å². The van der Waals surface area contributed by atoms with Crippen LogP contribution < -0.4 is 10.1 Å². The van der Waals surface area contributed by atoms with Gasteiger partial charge in [-0.25, -0.2) is 0 Å². The van der Waals surface area contributed by atoms with Crippen LogP contribution in [0.3, 0.4) is 0 Å². The van der Waals surface area contributed by atoms with E-state index < -0.39 is 0 Å². The molecule has 1 atom stereocenters. The molecule has 0 radical (unpaired) electrons. The highest BCUT2D eigenvalue weighted by molar-refractivity contribution is 7.99. The summed E-state index contributed by atoms with van der Waals surface area (Å²) >= 11 is 3.12. The summed E-state index contributed by atoms with van der Waals surface area (Å²) in [5, 5.41) is 14.8. The van der Waals surface area contributed by atoms with Crippen molar-refractivity contribution in [3.63, 3.8) is 0 Å². The van der Waals surface area contributed by atoms with Crippen molar-refractivity contribution in [2.75, 3.05) is 12.9 Å². The van der Waals surface area contributed by atoms with E-state index in [1.54, 1.807) is 18.4 Å². The minimum atomic E-state index is -0.0491. The van der Waals surface area contributed by atoms with Crippen LogP contribution in [-0.4, -0.2) is 33.5 Å². The quantitative estimate of drug-likeness (QED) is 0.475. The molecule has 30 heavy (non-hydrogen) atoms. The van der Waals surface area contributed by atoms with Crippen molar-refractivity contribution >= 4 is 29.0 Å². The van der Waals surface area contributed by atoms with Crippen molar-refractivity contribution in [2.45, 2.75) is 43.9 Å². The molecule has 0 aliphatic heterocycles. The molecule has 6 nitrogen and oxygen atoms in total. The van der Waals surface area contributed by atoms with Gasteiger partial charge in [-0.05, 0) is 47.9 Å². The normalized spacial score (nSPS) is 14.7. The van der Waals surface area contributed by atoms with E-state index in [0.29, 0.717) is 11.8 Å². The maximum absolute atomic E-state index is 12.7. The maximum Gasteiger partial charge on any atom is 0.230 e. The number of hydrogen-bond donors (Lipinski definition) is 1. The Balaban J connectivity index is 1.43. The molecule has 1 fully saturated rings. The van der Waals surface area contributed by atoms with Crippen LogP contribution in [0, 0.1) is 5.92 Å². The largest absolute Gasteiger partial charge is 0.497 e. The van der Waals surface area contributed by atoms with E-state index in [0.717, 1.165) is 40.0 Å². The lowest BCUT2D eigenvalue weighted by atomic mass is 9.96. The van der Waals surface area contributed by atoms with E-state index in [1.807, 2.05) is 35.7 Å². The van der Waals surface area contributed by atoms with Gasteiger partial charge in [0.2, 0.25) is 5.91 Å². The van der Waals surface area contributed by atoms with Crippen LogP contribution in [0.1, 0.15) is 44.3 Å². The number of methoxy groups -OCH3 is 1. The van der Waals surface area contributed by atoms with E-state index in [9.17, 15) is 4.79 Å². The zero-order valence-electron chi connectivity index (χ0n) is 17.4. The highest BCUT2D eigenvalue weighted by Gasteiger charge is 2.30. The average molecular weight is 443 g/mol. The molecule has 3 aromatic rings. The second-order valence-electron chi connectivity index (χ2n) is 7.74. The zero-order chi connectivity index (χ0) is 21.1. The van der Waals surface area contributed by atoms with Crippen molar-refractivity contribution in [1.29, 1.82) is 0 Å². The molecule has 8 heteroatoms. The van der Waals surface area contributed by atoms with Crippen LogP contribution in [0.4, 0.5) is 0 Å². The summed E-state index contributed by atoms with van der Waals surface area (Å²) in [4.78, 5) is 13.9. The fourth-order valence-corrected chi connectivity index (χ4v) is 4.92. The summed E-state index contributed by atoms with van der Waals surface area (Å²) in [7, 11) is 1.65. The zero-order valence-corrected chi connectivity index (χ0v) is 19.0. The summed E-state index contributed by atoms with van der Waals surface area (Å²) < 4.78 is 7.44. The predicted molar refractivity (Wildman–Crippen MR) is 121 cm³/mol. The summed E-state index contributed by atoms with van der Waals surface area (Å²) in [6.45, 7) is 4.22. The lowest BCUT2D eigenvalue weighted by Crippen LogP contribution is -2.33. The van der Waals surface area contributed by atoms with Gasteiger partial charge in [0.15, 0.2) is 11.0 Å². The Morgan fingerprint density at radius 1 is 1.27 bits per heavy atom. The smallest absolute Gasteiger partial charge is 0.230 e. The van der Waals surface area contributed by atoms with Gasteiger partial charge in [-0.15, -0.1) is 21.5 Å². The van der Waals surface area contributed by atoms with Crippen molar-refractivity contribution in [2.24, 2.45) is 5.92 Å². The van der Waals surface area contributed by atoms with Crippen LogP contribution in [-0.2, 0) is 4.79 Å². The fraction of sp³-hybridized carbons (Fsp3) is 0.409. The lowest BCUT2D eigenvalue weighted by molar-refractivity contribution is -0.119. The summed E-state index contributed by atoms with van der Waals surface area (Å²) in [5.74, 6) is 2.30. The van der Waals surface area contributed by atoms with Crippen molar-refractivity contribution in [3.05, 3.63) is 47.3 Å². The van der Waals surface area contributed by atoms with Gasteiger partial charge in [-0.2, -0.15) is 0 Å². The van der Waals surface area contributed by atoms with Crippen LogP contribution in [0.5, 0.6) is 5.75 Å². The van der Waals surface area contributed by atoms with Gasteiger partial charge in [-0.1, -0.05) is 43.8 Å². The highest BCUT2D eigenvalue weighted by Crippen LogP contribution is 2.41. The van der Waals surface area contributed by atoms with Crippen molar-refractivity contribution in [3.8, 4) is 16.5 Å². The molecule has 1 aliphatic rings. The Hall–Kier alpha value is -2.32. The first kappa shape index (κ1) is 20.9. The fourth-order valence-electron chi connectivity index (χ4n) is 3.40. The second kappa shape index (κ2) is 9.22. The number of nitrogens with zero attached hydrogens (tertiary/aromatic N) is 3. The number of amides is 1. The third kappa shape index (κ3) is 4.70. The van der Waals surface area contributed by atoms with Gasteiger partial charge in [-0.3, -0.25) is 9.36 Å². The highest BCUT2D eigenvalue weighted by atomic mass is 32.2. The third-order valence-corrected chi connectivity index (χ3v) is 6.92. The Morgan fingerprint density at radius 3 is 2.63 bits per heavy atom. The molecule has 1 aromatic carbocycles. The molecular weight excluding hydrogens is 416 g/mol. The number of hydrogen-bond acceptors (Lipinski definition) is 6. The van der Waals surface area contributed by atoms with Gasteiger partial charge in [0, 0.05) is 6.04 Å². The molecular formula is C22H26N4O2S2. The van der Waals surface area contributed by atoms with Crippen LogP contribution >= 0.6 is 23.1 Å². The second-order valence-corrected chi connectivity index (χ2v) is 9.63. The number of aromatic nitrogens is 3. The maximum atomic E-state index is 12.7. The monoisotopic (exact) mass is 442 g/mol. The summed E-state index contributed by atoms with van der Waals surface area (Å²) in [5.41, 5.74) is 1.07. The van der Waals surface area contributed by atoms with E-state index in [1.165, 1.54) is 11.8 Å². The molecule has 1 saturated carbocycles. The standard InChI is InChI=1S/C22H26N4O2S2/c1-14(2)20(15-6-10-17(28-3)11-7-15)23-19(27)13-30-22-25-24-21(18-5-4-12-29-18)26(22)16-8-9-16/h4-7,10-12,14,16,20H,8-9,13H2,1-3H3,(H,23,27). The third-order valence-electron chi connectivity index (χ3n) is 5.11. The van der Waals surface area contributed by atoms with Gasteiger partial charge in [0.1, 0.15) is 5.75 Å². The molecule has 1 aliphatic carbocycles. The summed E-state index contributed by atoms with van der Waals surface area (Å²) in [6.07, 6.45) is 2.28. The number of nitrogens with one attached hydrogen (secondary N) is 1. The van der Waals surface area contributed by atoms with E-state index >= 15 is 0 Å². The number of carbonyl (C=O) groups excluding carboxylic acids is 1. The van der Waals surface area contributed by atoms with Crippen molar-refractivity contribution < 1.29 is 9.53 Å².